The van der Waals surface area contributed by atoms with Gasteiger partial charge in [-0.2, -0.15) is 5.26 Å². The smallest absolute Gasteiger partial charge is 0.258 e. The van der Waals surface area contributed by atoms with E-state index in [4.69, 9.17) is 5.26 Å². The number of para-hydroxylation sites is 1. The second-order valence-electron chi connectivity index (χ2n) is 3.26. The van der Waals surface area contributed by atoms with Crippen LogP contribution in [-0.2, 0) is 6.54 Å². The summed E-state index contributed by atoms with van der Waals surface area (Å²) in [4.78, 5) is 14.1. The molecule has 17 heavy (non-hydrogen) atoms. The van der Waals surface area contributed by atoms with Crippen LogP contribution in [0.1, 0.15) is 11.4 Å². The zero-order valence-corrected chi connectivity index (χ0v) is 8.65. The van der Waals surface area contributed by atoms with E-state index in [9.17, 15) is 10.1 Å². The average molecular weight is 229 g/mol. The Labute approximate surface area is 96.1 Å². The van der Waals surface area contributed by atoms with Crippen molar-refractivity contribution in [3.05, 3.63) is 52.1 Å². The molecular weight excluding hydrogens is 222 g/mol. The van der Waals surface area contributed by atoms with Gasteiger partial charge >= 0.3 is 0 Å². The lowest BCUT2D eigenvalue weighted by Gasteiger charge is -2.01. The van der Waals surface area contributed by atoms with Crippen LogP contribution in [0.3, 0.4) is 0 Å². The van der Waals surface area contributed by atoms with Crippen LogP contribution in [0.5, 0.6) is 0 Å². The molecule has 0 atom stereocenters. The third-order valence-electron chi connectivity index (χ3n) is 2.16. The zero-order chi connectivity index (χ0) is 12.3. The molecule has 84 valence electrons. The van der Waals surface area contributed by atoms with Gasteiger partial charge in [-0.15, -0.1) is 5.10 Å². The van der Waals surface area contributed by atoms with Crippen molar-refractivity contribution < 1.29 is 4.92 Å². The molecule has 1 heterocycles. The van der Waals surface area contributed by atoms with Crippen molar-refractivity contribution in [3.63, 3.8) is 0 Å². The third-order valence-corrected chi connectivity index (χ3v) is 2.16. The molecule has 0 saturated carbocycles. The van der Waals surface area contributed by atoms with E-state index in [2.05, 4.69) is 10.1 Å². The Morgan fingerprint density at radius 1 is 1.47 bits per heavy atom. The maximum absolute atomic E-state index is 10.8. The molecule has 0 N–H and O–H groups in total. The van der Waals surface area contributed by atoms with Crippen molar-refractivity contribution in [2.45, 2.75) is 6.54 Å². The number of benzene rings is 1. The fourth-order valence-electron chi connectivity index (χ4n) is 1.42. The molecule has 0 fully saturated rings. The van der Waals surface area contributed by atoms with E-state index in [0.29, 0.717) is 5.56 Å². The highest BCUT2D eigenvalue weighted by Crippen LogP contribution is 2.18. The summed E-state index contributed by atoms with van der Waals surface area (Å²) < 4.78 is 1.39. The van der Waals surface area contributed by atoms with E-state index in [1.54, 1.807) is 24.3 Å². The number of hydrogen-bond acceptors (Lipinski definition) is 5. The minimum atomic E-state index is -0.447. The highest BCUT2D eigenvalue weighted by molar-refractivity contribution is 5.39. The van der Waals surface area contributed by atoms with Gasteiger partial charge in [0.15, 0.2) is 0 Å². The number of nitro groups is 1. The van der Waals surface area contributed by atoms with E-state index in [1.165, 1.54) is 17.1 Å². The first-order valence-electron chi connectivity index (χ1n) is 4.72. The summed E-state index contributed by atoms with van der Waals surface area (Å²) >= 11 is 0. The Balaban J connectivity index is 2.30. The molecule has 0 aliphatic heterocycles. The van der Waals surface area contributed by atoms with Gasteiger partial charge in [-0.1, -0.05) is 18.2 Å². The highest BCUT2D eigenvalue weighted by atomic mass is 16.6. The quantitative estimate of drug-likeness (QED) is 0.579. The van der Waals surface area contributed by atoms with Crippen molar-refractivity contribution in [2.75, 3.05) is 0 Å². The molecule has 0 saturated heterocycles. The first-order valence-corrected chi connectivity index (χ1v) is 4.72. The lowest BCUT2D eigenvalue weighted by Crippen LogP contribution is -2.03. The topological polar surface area (TPSA) is 97.6 Å². The maximum atomic E-state index is 10.8. The van der Waals surface area contributed by atoms with Crippen molar-refractivity contribution in [2.24, 2.45) is 0 Å². The number of hydrogen-bond donors (Lipinski definition) is 0. The number of aromatic nitrogens is 3. The van der Waals surface area contributed by atoms with Crippen LogP contribution >= 0.6 is 0 Å². The van der Waals surface area contributed by atoms with Gasteiger partial charge in [0.2, 0.25) is 0 Å². The van der Waals surface area contributed by atoms with E-state index in [0.717, 1.165) is 0 Å². The lowest BCUT2D eigenvalue weighted by atomic mass is 10.2. The summed E-state index contributed by atoms with van der Waals surface area (Å²) in [6, 6.07) is 8.18. The highest BCUT2D eigenvalue weighted by Gasteiger charge is 2.13. The minimum Gasteiger partial charge on any atom is -0.258 e. The zero-order valence-electron chi connectivity index (χ0n) is 8.65. The molecule has 0 aliphatic carbocycles. The molecule has 0 radical (unpaired) electrons. The van der Waals surface area contributed by atoms with Gasteiger partial charge in [0.25, 0.3) is 11.5 Å². The number of nitriles is 1. The van der Waals surface area contributed by atoms with E-state index in [-0.39, 0.29) is 18.1 Å². The molecule has 7 nitrogen and oxygen atoms in total. The fourth-order valence-corrected chi connectivity index (χ4v) is 1.42. The van der Waals surface area contributed by atoms with Crippen molar-refractivity contribution in [1.82, 2.24) is 14.8 Å². The summed E-state index contributed by atoms with van der Waals surface area (Å²) in [7, 11) is 0. The van der Waals surface area contributed by atoms with E-state index in [1.807, 2.05) is 0 Å². The Kier molecular flexibility index (Phi) is 2.79. The SMILES string of the molecule is N#Cc1ncn(Cc2ccccc2[N+](=O)[O-])n1. The summed E-state index contributed by atoms with van der Waals surface area (Å²) in [5, 5.41) is 23.2. The van der Waals surface area contributed by atoms with E-state index >= 15 is 0 Å². The van der Waals surface area contributed by atoms with Crippen LogP contribution in [0.2, 0.25) is 0 Å². The predicted octanol–water partition coefficient (Wildman–Crippen LogP) is 1.11. The van der Waals surface area contributed by atoms with Gasteiger partial charge in [-0.25, -0.2) is 9.67 Å². The third kappa shape index (κ3) is 2.26. The Bertz CT molecular complexity index is 599. The second kappa shape index (κ2) is 4.40. The molecule has 0 unspecified atom stereocenters. The standard InChI is InChI=1S/C10H7N5O2/c11-5-10-12-7-14(13-10)6-8-3-1-2-4-9(8)15(16)17/h1-4,7H,6H2. The predicted molar refractivity (Wildman–Crippen MR) is 56.9 cm³/mol. The first kappa shape index (κ1) is 10.8. The van der Waals surface area contributed by atoms with Crippen molar-refractivity contribution in [1.29, 1.82) is 5.26 Å². The summed E-state index contributed by atoms with van der Waals surface area (Å²) in [6.07, 6.45) is 1.37. The van der Waals surface area contributed by atoms with Crippen molar-refractivity contribution in [3.8, 4) is 6.07 Å². The van der Waals surface area contributed by atoms with Crippen LogP contribution in [0, 0.1) is 21.4 Å². The summed E-state index contributed by atoms with van der Waals surface area (Å²) in [6.45, 7) is 0.214. The molecule has 0 amide bonds. The molecule has 1 aromatic heterocycles. The molecular formula is C10H7N5O2. The van der Waals surface area contributed by atoms with Crippen LogP contribution in [-0.4, -0.2) is 19.7 Å². The Hall–Kier alpha value is -2.75. The fraction of sp³-hybridized carbons (Fsp3) is 0.100. The second-order valence-corrected chi connectivity index (χ2v) is 3.26. The molecule has 2 rings (SSSR count). The molecule has 2 aromatic rings. The monoisotopic (exact) mass is 229 g/mol. The average Bonchev–Trinajstić information content (AvgIpc) is 2.77. The summed E-state index contributed by atoms with van der Waals surface area (Å²) in [5.74, 6) is 0.0450. The molecule has 7 heteroatoms. The van der Waals surface area contributed by atoms with Gasteiger partial charge in [-0.3, -0.25) is 10.1 Å². The van der Waals surface area contributed by atoms with Gasteiger partial charge in [0.1, 0.15) is 12.4 Å². The lowest BCUT2D eigenvalue weighted by molar-refractivity contribution is -0.385. The van der Waals surface area contributed by atoms with Gasteiger partial charge in [-0.05, 0) is 0 Å². The van der Waals surface area contributed by atoms with Gasteiger partial charge < -0.3 is 0 Å². The van der Waals surface area contributed by atoms with Crippen LogP contribution in [0.25, 0.3) is 0 Å². The number of nitrogens with zero attached hydrogens (tertiary/aromatic N) is 5. The van der Waals surface area contributed by atoms with Gasteiger partial charge in [0, 0.05) is 6.07 Å². The summed E-state index contributed by atoms with van der Waals surface area (Å²) in [5.41, 5.74) is 0.549. The largest absolute Gasteiger partial charge is 0.274 e. The minimum absolute atomic E-state index is 0.0292. The van der Waals surface area contributed by atoms with Crippen LogP contribution in [0.4, 0.5) is 5.69 Å². The molecule has 0 spiro atoms. The maximum Gasteiger partial charge on any atom is 0.274 e. The molecule has 0 bridgehead atoms. The number of rotatable bonds is 3. The Morgan fingerprint density at radius 2 is 2.24 bits per heavy atom. The molecule has 0 aliphatic rings. The van der Waals surface area contributed by atoms with E-state index < -0.39 is 4.92 Å². The van der Waals surface area contributed by atoms with Gasteiger partial charge in [0.05, 0.1) is 17.0 Å². The van der Waals surface area contributed by atoms with Crippen molar-refractivity contribution >= 4 is 5.69 Å². The Morgan fingerprint density at radius 3 is 2.88 bits per heavy atom. The normalized spacial score (nSPS) is 9.82. The molecule has 1 aromatic carbocycles. The number of nitro benzene ring substituents is 1. The van der Waals surface area contributed by atoms with Crippen LogP contribution in [0.15, 0.2) is 30.6 Å². The van der Waals surface area contributed by atoms with Crippen LogP contribution < -0.4 is 0 Å². The first-order chi connectivity index (χ1) is 8.20.